The molecule has 0 radical (unpaired) electrons. The zero-order valence-corrected chi connectivity index (χ0v) is 22.0. The summed E-state index contributed by atoms with van der Waals surface area (Å²) in [6.45, 7) is 0.184. The van der Waals surface area contributed by atoms with Crippen LogP contribution in [0, 0.1) is 11.3 Å². The first-order valence-electron chi connectivity index (χ1n) is 12.2. The molecule has 36 heavy (non-hydrogen) atoms. The molecule has 0 spiro atoms. The topological polar surface area (TPSA) is 112 Å². The van der Waals surface area contributed by atoms with Gasteiger partial charge in [-0.15, -0.1) is 22.9 Å². The van der Waals surface area contributed by atoms with Gasteiger partial charge >= 0.3 is 0 Å². The predicted octanol–water partition coefficient (Wildman–Crippen LogP) is 2.41. The summed E-state index contributed by atoms with van der Waals surface area (Å²) in [6.07, 6.45) is 9.26. The van der Waals surface area contributed by atoms with Crippen LogP contribution >= 0.6 is 22.9 Å². The lowest BCUT2D eigenvalue weighted by Gasteiger charge is -2.34. The molecule has 1 aliphatic carbocycles. The van der Waals surface area contributed by atoms with Crippen LogP contribution in [0.3, 0.4) is 0 Å². The summed E-state index contributed by atoms with van der Waals surface area (Å²) in [4.78, 5) is 47.0. The summed E-state index contributed by atoms with van der Waals surface area (Å²) in [6, 6.07) is 1.97. The van der Waals surface area contributed by atoms with Crippen LogP contribution in [-0.2, 0) is 19.2 Å². The zero-order chi connectivity index (χ0) is 25.8. The Labute approximate surface area is 219 Å². The predicted molar refractivity (Wildman–Crippen MR) is 137 cm³/mol. The number of amides is 2. The van der Waals surface area contributed by atoms with Crippen molar-refractivity contribution in [3.8, 4) is 0 Å². The number of thiophene rings is 1. The van der Waals surface area contributed by atoms with Gasteiger partial charge in [0, 0.05) is 12.6 Å². The molecule has 11 heteroatoms. The number of halogens is 1. The van der Waals surface area contributed by atoms with E-state index in [4.69, 9.17) is 26.6 Å². The molecular weight excluding hydrogens is 504 g/mol. The van der Waals surface area contributed by atoms with Crippen LogP contribution in [0.5, 0.6) is 0 Å². The Balaban J connectivity index is 1.49. The van der Waals surface area contributed by atoms with Crippen LogP contribution in [-0.4, -0.2) is 90.0 Å². The van der Waals surface area contributed by atoms with Crippen molar-refractivity contribution in [3.63, 3.8) is 0 Å². The number of hydroxylamine groups is 1. The van der Waals surface area contributed by atoms with Crippen molar-refractivity contribution in [2.24, 2.45) is 5.92 Å². The standard InChI is InChI=1S/C25H31ClN4O5S/c1-29(34-2)12-6-9-17(27)19-10-11-20(36-19)24(32)28-21(15-7-4-3-5-8-15)25(33)30-13-16(26)23-22(30)18(31)14-35-23/h6,9-12,15-16,21-23,27H,3-5,7-8,13-14H2,1-2H3/p+1. The summed E-state index contributed by atoms with van der Waals surface area (Å²) in [7, 11) is 3.28. The lowest BCUT2D eigenvalue weighted by Crippen LogP contribution is -2.55. The van der Waals surface area contributed by atoms with Crippen LogP contribution in [0.4, 0.5) is 0 Å². The van der Waals surface area contributed by atoms with Crippen molar-refractivity contribution in [3.05, 3.63) is 34.0 Å². The molecule has 1 aromatic rings. The zero-order valence-electron chi connectivity index (χ0n) is 20.4. The number of likely N-dealkylation sites (tertiary alicyclic amines) is 1. The van der Waals surface area contributed by atoms with E-state index in [1.54, 1.807) is 44.7 Å². The molecule has 0 aromatic carbocycles. The molecule has 3 aliphatic rings. The Bertz CT molecular complexity index is 1080. The highest BCUT2D eigenvalue weighted by Gasteiger charge is 2.53. The molecule has 2 amide bonds. The number of carbonyl (C=O) groups is 3. The molecule has 2 aliphatic heterocycles. The molecule has 1 aromatic heterocycles. The summed E-state index contributed by atoms with van der Waals surface area (Å²) < 4.78 is 7.03. The molecule has 1 saturated carbocycles. The maximum absolute atomic E-state index is 13.7. The second kappa shape index (κ2) is 11.7. The van der Waals surface area contributed by atoms with E-state index in [0.29, 0.717) is 9.75 Å². The van der Waals surface area contributed by atoms with Crippen LogP contribution in [0.2, 0.25) is 0 Å². The molecule has 4 rings (SSSR count). The molecule has 3 heterocycles. The fraction of sp³-hybridized carbons (Fsp3) is 0.560. The first kappa shape index (κ1) is 26.5. The summed E-state index contributed by atoms with van der Waals surface area (Å²) in [5, 5.41) is 10.8. The van der Waals surface area contributed by atoms with E-state index in [9.17, 15) is 14.4 Å². The molecule has 2 saturated heterocycles. The second-order valence-electron chi connectivity index (χ2n) is 9.36. The maximum Gasteiger partial charge on any atom is 0.262 e. The van der Waals surface area contributed by atoms with Crippen molar-refractivity contribution in [1.82, 2.24) is 10.2 Å². The van der Waals surface area contributed by atoms with E-state index in [1.165, 1.54) is 21.0 Å². The quantitative estimate of drug-likeness (QED) is 0.230. The van der Waals surface area contributed by atoms with Crippen LogP contribution < -0.4 is 5.32 Å². The maximum atomic E-state index is 13.7. The Kier molecular flexibility index (Phi) is 8.58. The monoisotopic (exact) mass is 535 g/mol. The fourth-order valence-electron chi connectivity index (χ4n) is 5.07. The van der Waals surface area contributed by atoms with E-state index >= 15 is 0 Å². The molecule has 3 fully saturated rings. The Morgan fingerprint density at radius 3 is 2.75 bits per heavy atom. The third-order valence-corrected chi connectivity index (χ3v) is 8.53. The van der Waals surface area contributed by atoms with Gasteiger partial charge in [0.25, 0.3) is 5.91 Å². The molecule has 9 nitrogen and oxygen atoms in total. The van der Waals surface area contributed by atoms with Gasteiger partial charge < -0.3 is 15.0 Å². The van der Waals surface area contributed by atoms with Crippen molar-refractivity contribution in [2.75, 3.05) is 27.3 Å². The molecule has 0 bridgehead atoms. The SMILES string of the molecule is CO[N+](C)=CC=CC(=N)c1ccc(C(=O)NC(C(=O)N2CC(Cl)C3OCC(=O)C32)C2CCCCC2)s1. The number of hydrogen-bond donors (Lipinski definition) is 2. The van der Waals surface area contributed by atoms with E-state index in [0.717, 1.165) is 32.1 Å². The lowest BCUT2D eigenvalue weighted by molar-refractivity contribution is -0.757. The first-order chi connectivity index (χ1) is 17.3. The van der Waals surface area contributed by atoms with Crippen molar-refractivity contribution in [2.45, 2.75) is 55.7 Å². The minimum atomic E-state index is -0.738. The molecular formula is C25H32ClN4O5S+. The number of Topliss-reactive ketones (excluding diaryl/α,β-unsaturated/α-hetero) is 1. The minimum Gasteiger partial charge on any atom is -0.366 e. The number of alkyl halides is 1. The van der Waals surface area contributed by atoms with Gasteiger partial charge in [-0.05, 0) is 41.7 Å². The highest BCUT2D eigenvalue weighted by Crippen LogP contribution is 2.34. The van der Waals surface area contributed by atoms with Crippen molar-refractivity contribution < 1.29 is 28.7 Å². The average molecular weight is 536 g/mol. The van der Waals surface area contributed by atoms with Gasteiger partial charge in [-0.1, -0.05) is 19.3 Å². The first-order valence-corrected chi connectivity index (χ1v) is 13.4. The van der Waals surface area contributed by atoms with E-state index in [-0.39, 0.29) is 42.4 Å². The Morgan fingerprint density at radius 1 is 1.31 bits per heavy atom. The van der Waals surface area contributed by atoms with E-state index in [1.807, 2.05) is 0 Å². The number of nitrogens with one attached hydrogen (secondary N) is 2. The number of ether oxygens (including phenoxy) is 1. The lowest BCUT2D eigenvalue weighted by atomic mass is 9.83. The van der Waals surface area contributed by atoms with Crippen LogP contribution in [0.15, 0.2) is 24.3 Å². The number of fused-ring (bicyclic) bond motifs is 1. The van der Waals surface area contributed by atoms with Crippen LogP contribution in [0.25, 0.3) is 0 Å². The Hall–Kier alpha value is -2.56. The number of rotatable bonds is 8. The summed E-state index contributed by atoms with van der Waals surface area (Å²) in [5.41, 5.74) is 0.260. The summed E-state index contributed by atoms with van der Waals surface area (Å²) in [5.74, 6) is -0.773. The van der Waals surface area contributed by atoms with Gasteiger partial charge in [0.05, 0.1) is 20.8 Å². The largest absolute Gasteiger partial charge is 0.366 e. The van der Waals surface area contributed by atoms with Gasteiger partial charge in [-0.25, -0.2) is 0 Å². The minimum absolute atomic E-state index is 0.00516. The highest BCUT2D eigenvalue weighted by atomic mass is 35.5. The Morgan fingerprint density at radius 2 is 2.03 bits per heavy atom. The number of allylic oxidation sites excluding steroid dienone is 2. The van der Waals surface area contributed by atoms with Crippen molar-refractivity contribution >= 4 is 52.5 Å². The molecule has 4 atom stereocenters. The van der Waals surface area contributed by atoms with E-state index in [2.05, 4.69) is 5.32 Å². The van der Waals surface area contributed by atoms with Gasteiger partial charge in [0.1, 0.15) is 31.9 Å². The highest BCUT2D eigenvalue weighted by molar-refractivity contribution is 7.16. The number of nitrogens with zero attached hydrogens (tertiary/aromatic N) is 2. The van der Waals surface area contributed by atoms with Crippen LogP contribution in [0.1, 0.15) is 46.7 Å². The third-order valence-electron chi connectivity index (χ3n) is 7.02. The number of ketones is 1. The van der Waals surface area contributed by atoms with Gasteiger partial charge in [-0.2, -0.15) is 0 Å². The smallest absolute Gasteiger partial charge is 0.262 e. The molecule has 4 unspecified atom stereocenters. The van der Waals surface area contributed by atoms with E-state index < -0.39 is 23.6 Å². The summed E-state index contributed by atoms with van der Waals surface area (Å²) >= 11 is 7.61. The second-order valence-corrected chi connectivity index (χ2v) is 11.0. The van der Waals surface area contributed by atoms with Gasteiger partial charge in [0.15, 0.2) is 12.8 Å². The normalized spacial score (nSPS) is 25.8. The number of hydrogen-bond acceptors (Lipinski definition) is 7. The molecule has 194 valence electrons. The number of carbonyl (C=O) groups excluding carboxylic acids is 3. The van der Waals surface area contributed by atoms with Gasteiger partial charge in [-0.3, -0.25) is 24.6 Å². The molecule has 2 N–H and O–H groups in total. The van der Waals surface area contributed by atoms with Gasteiger partial charge in [0.2, 0.25) is 12.1 Å². The van der Waals surface area contributed by atoms with Crippen molar-refractivity contribution in [1.29, 1.82) is 5.41 Å². The fourth-order valence-corrected chi connectivity index (χ4v) is 6.27. The third kappa shape index (κ3) is 5.71. The average Bonchev–Trinajstić information content (AvgIpc) is 3.60.